The average molecular weight is 340 g/mol. The van der Waals surface area contributed by atoms with Crippen LogP contribution in [0.25, 0.3) is 0 Å². The van der Waals surface area contributed by atoms with Crippen molar-refractivity contribution in [1.82, 2.24) is 14.5 Å². The highest BCUT2D eigenvalue weighted by Crippen LogP contribution is 2.28. The summed E-state index contributed by atoms with van der Waals surface area (Å²) in [5.41, 5.74) is -0.314. The fraction of sp³-hybridized carbons (Fsp3) is 0.286. The predicted molar refractivity (Wildman–Crippen MR) is 78.9 cm³/mol. The molecule has 0 saturated heterocycles. The highest BCUT2D eigenvalue weighted by molar-refractivity contribution is 5.95. The third-order valence-electron chi connectivity index (χ3n) is 3.31. The van der Waals surface area contributed by atoms with Crippen LogP contribution < -0.4 is 4.74 Å². The van der Waals surface area contributed by atoms with E-state index >= 15 is 0 Å². The molecule has 8 nitrogen and oxygen atoms in total. The molecule has 2 aromatic rings. The molecule has 0 aliphatic carbocycles. The van der Waals surface area contributed by atoms with E-state index in [4.69, 9.17) is 4.74 Å². The van der Waals surface area contributed by atoms with Gasteiger partial charge in [-0.05, 0) is 12.1 Å². The third kappa shape index (κ3) is 3.47. The number of rotatable bonds is 6. The number of hydrogen-bond acceptors (Lipinski definition) is 5. The number of ether oxygens (including phenoxy) is 1. The van der Waals surface area contributed by atoms with Crippen LogP contribution in [0.1, 0.15) is 22.7 Å². The van der Waals surface area contributed by atoms with Gasteiger partial charge in [-0.15, -0.1) is 0 Å². The summed E-state index contributed by atoms with van der Waals surface area (Å²) < 4.78 is 31.1. The minimum absolute atomic E-state index is 0.00358. The van der Waals surface area contributed by atoms with Crippen molar-refractivity contribution in [3.8, 4) is 5.75 Å². The van der Waals surface area contributed by atoms with Crippen LogP contribution >= 0.6 is 0 Å². The maximum Gasteiger partial charge on any atom is 0.319 e. The van der Waals surface area contributed by atoms with Crippen LogP contribution in [0, 0.1) is 10.1 Å². The SMILES string of the molecule is COc1ccc(C(=O)N(C)Cc2nccn2C(F)F)cc1[N+](=O)[O-]. The summed E-state index contributed by atoms with van der Waals surface area (Å²) in [7, 11) is 2.67. The molecule has 0 N–H and O–H groups in total. The van der Waals surface area contributed by atoms with E-state index in [1.165, 1.54) is 32.5 Å². The zero-order valence-corrected chi connectivity index (χ0v) is 12.8. The predicted octanol–water partition coefficient (Wildman–Crippen LogP) is 2.47. The molecule has 0 aliphatic heterocycles. The molecular formula is C14H14F2N4O4. The van der Waals surface area contributed by atoms with Crippen molar-refractivity contribution in [1.29, 1.82) is 0 Å². The second-order valence-electron chi connectivity index (χ2n) is 4.83. The van der Waals surface area contributed by atoms with Gasteiger partial charge in [-0.2, -0.15) is 8.78 Å². The third-order valence-corrected chi connectivity index (χ3v) is 3.31. The topological polar surface area (TPSA) is 90.5 Å². The Morgan fingerprint density at radius 3 is 2.79 bits per heavy atom. The number of nitro benzene ring substituents is 1. The minimum atomic E-state index is -2.77. The summed E-state index contributed by atoms with van der Waals surface area (Å²) in [5, 5.41) is 11.0. The number of amides is 1. The van der Waals surface area contributed by atoms with Crippen LogP contribution in [0.4, 0.5) is 14.5 Å². The van der Waals surface area contributed by atoms with Gasteiger partial charge in [-0.3, -0.25) is 19.5 Å². The number of nitro groups is 1. The second-order valence-corrected chi connectivity index (χ2v) is 4.83. The van der Waals surface area contributed by atoms with Crippen molar-refractivity contribution in [2.75, 3.05) is 14.2 Å². The first kappa shape index (κ1) is 17.3. The molecule has 0 unspecified atom stereocenters. The van der Waals surface area contributed by atoms with E-state index in [0.717, 1.165) is 17.2 Å². The van der Waals surface area contributed by atoms with E-state index in [-0.39, 0.29) is 29.4 Å². The number of methoxy groups -OCH3 is 1. The first-order chi connectivity index (χ1) is 11.3. The molecule has 1 heterocycles. The van der Waals surface area contributed by atoms with E-state index in [0.29, 0.717) is 4.57 Å². The minimum Gasteiger partial charge on any atom is -0.490 e. The number of nitrogens with zero attached hydrogens (tertiary/aromatic N) is 4. The number of imidazole rings is 1. The second kappa shape index (κ2) is 7.02. The van der Waals surface area contributed by atoms with Crippen LogP contribution in [0.5, 0.6) is 5.75 Å². The molecule has 0 radical (unpaired) electrons. The Morgan fingerprint density at radius 1 is 1.50 bits per heavy atom. The number of halogens is 2. The molecule has 1 aromatic carbocycles. The molecule has 10 heteroatoms. The molecule has 1 amide bonds. The maximum atomic E-state index is 12.8. The number of benzene rings is 1. The van der Waals surface area contributed by atoms with Crippen LogP contribution in [0.2, 0.25) is 0 Å². The summed E-state index contributed by atoms with van der Waals surface area (Å²) >= 11 is 0. The molecule has 1 aromatic heterocycles. The Kier molecular flexibility index (Phi) is 5.07. The van der Waals surface area contributed by atoms with Gasteiger partial charge in [-0.25, -0.2) is 4.98 Å². The molecule has 0 fully saturated rings. The van der Waals surface area contributed by atoms with Crippen molar-refractivity contribution in [2.45, 2.75) is 13.1 Å². The number of carbonyl (C=O) groups excluding carboxylic acids is 1. The molecule has 128 valence electrons. The lowest BCUT2D eigenvalue weighted by Gasteiger charge is -2.17. The average Bonchev–Trinajstić information content (AvgIpc) is 3.01. The molecule has 0 saturated carbocycles. The molecular weight excluding hydrogens is 326 g/mol. The first-order valence-corrected chi connectivity index (χ1v) is 6.73. The summed E-state index contributed by atoms with van der Waals surface area (Å²) in [4.78, 5) is 27.6. The molecule has 0 aliphatic rings. The van der Waals surface area contributed by atoms with E-state index in [1.807, 2.05) is 0 Å². The summed E-state index contributed by atoms with van der Waals surface area (Å²) in [5.74, 6) is -0.541. The Bertz CT molecular complexity index is 763. The van der Waals surface area contributed by atoms with Gasteiger partial charge in [0.05, 0.1) is 18.6 Å². The Labute approximate surface area is 135 Å². The van der Waals surface area contributed by atoms with Gasteiger partial charge in [0.2, 0.25) is 0 Å². The largest absolute Gasteiger partial charge is 0.490 e. The lowest BCUT2D eigenvalue weighted by atomic mass is 10.1. The highest BCUT2D eigenvalue weighted by Gasteiger charge is 2.21. The number of aromatic nitrogens is 2. The molecule has 0 spiro atoms. The monoisotopic (exact) mass is 340 g/mol. The standard InChI is InChI=1S/C14H14F2N4O4/c1-18(8-12-17-5-6-19(12)14(15)16)13(21)9-3-4-11(24-2)10(7-9)20(22)23/h3-7,14H,8H2,1-2H3. The van der Waals surface area contributed by atoms with Crippen LogP contribution in [-0.4, -0.2) is 39.4 Å². The molecule has 0 atom stereocenters. The van der Waals surface area contributed by atoms with E-state index < -0.39 is 17.4 Å². The van der Waals surface area contributed by atoms with Gasteiger partial charge in [0, 0.05) is 31.1 Å². The number of alkyl halides is 2. The molecule has 24 heavy (non-hydrogen) atoms. The lowest BCUT2D eigenvalue weighted by molar-refractivity contribution is -0.385. The highest BCUT2D eigenvalue weighted by atomic mass is 19.3. The van der Waals surface area contributed by atoms with Gasteiger partial charge < -0.3 is 9.64 Å². The first-order valence-electron chi connectivity index (χ1n) is 6.73. The van der Waals surface area contributed by atoms with Gasteiger partial charge in [-0.1, -0.05) is 0 Å². The number of carbonyl (C=O) groups is 1. The van der Waals surface area contributed by atoms with Gasteiger partial charge in [0.25, 0.3) is 5.91 Å². The quantitative estimate of drug-likeness (QED) is 0.595. The summed E-state index contributed by atoms with van der Waals surface area (Å²) in [6.45, 7) is -2.94. The zero-order valence-electron chi connectivity index (χ0n) is 12.8. The summed E-state index contributed by atoms with van der Waals surface area (Å²) in [6, 6.07) is 3.75. The van der Waals surface area contributed by atoms with Gasteiger partial charge in [0.1, 0.15) is 5.82 Å². The fourth-order valence-corrected chi connectivity index (χ4v) is 2.11. The summed E-state index contributed by atoms with van der Waals surface area (Å²) in [6.07, 6.45) is 2.31. The van der Waals surface area contributed by atoms with Crippen molar-refractivity contribution < 1.29 is 23.2 Å². The lowest BCUT2D eigenvalue weighted by Crippen LogP contribution is -2.28. The zero-order chi connectivity index (χ0) is 17.9. The maximum absolute atomic E-state index is 12.8. The van der Waals surface area contributed by atoms with Crippen molar-refractivity contribution in [2.24, 2.45) is 0 Å². The van der Waals surface area contributed by atoms with Crippen LogP contribution in [0.3, 0.4) is 0 Å². The van der Waals surface area contributed by atoms with E-state index in [1.54, 1.807) is 0 Å². The van der Waals surface area contributed by atoms with Gasteiger partial charge >= 0.3 is 12.2 Å². The van der Waals surface area contributed by atoms with E-state index in [2.05, 4.69) is 4.98 Å². The van der Waals surface area contributed by atoms with Crippen molar-refractivity contribution in [3.63, 3.8) is 0 Å². The number of hydrogen-bond donors (Lipinski definition) is 0. The molecule has 0 bridgehead atoms. The van der Waals surface area contributed by atoms with Gasteiger partial charge in [0.15, 0.2) is 5.75 Å². The van der Waals surface area contributed by atoms with Crippen molar-refractivity contribution in [3.05, 3.63) is 52.1 Å². The van der Waals surface area contributed by atoms with Crippen LogP contribution in [-0.2, 0) is 6.54 Å². The Morgan fingerprint density at radius 2 is 2.21 bits per heavy atom. The smallest absolute Gasteiger partial charge is 0.319 e. The molecule has 2 rings (SSSR count). The normalized spacial score (nSPS) is 10.7. The Hall–Kier alpha value is -3.04. The van der Waals surface area contributed by atoms with E-state index in [9.17, 15) is 23.7 Å². The Balaban J connectivity index is 2.23. The van der Waals surface area contributed by atoms with Crippen LogP contribution in [0.15, 0.2) is 30.6 Å². The fourth-order valence-electron chi connectivity index (χ4n) is 2.11. The van der Waals surface area contributed by atoms with Crippen molar-refractivity contribution >= 4 is 11.6 Å².